The smallest absolute Gasteiger partial charge is 0.0985 e. The molecule has 18 heavy (non-hydrogen) atoms. The predicted octanol–water partition coefficient (Wildman–Crippen LogP) is 3.91. The molecule has 2 heterocycles. The maximum absolute atomic E-state index is 4.75. The normalized spacial score (nSPS) is 22.4. The zero-order valence-corrected chi connectivity index (χ0v) is 13.7. The number of nitrogens with one attached hydrogen (secondary N) is 1. The van der Waals surface area contributed by atoms with E-state index in [1.165, 1.54) is 33.5 Å². The fraction of sp³-hybridized carbons (Fsp3) is 0.786. The van der Waals surface area contributed by atoms with Crippen LogP contribution < -0.4 is 5.32 Å². The molecule has 0 saturated carbocycles. The molecular formula is C14H24N2S2. The minimum Gasteiger partial charge on any atom is -0.306 e. The van der Waals surface area contributed by atoms with E-state index in [-0.39, 0.29) is 5.41 Å². The van der Waals surface area contributed by atoms with Crippen molar-refractivity contribution < 1.29 is 0 Å². The summed E-state index contributed by atoms with van der Waals surface area (Å²) >= 11 is 3.94. The number of thioether (sulfide) groups is 1. The van der Waals surface area contributed by atoms with E-state index in [0.29, 0.717) is 12.1 Å². The van der Waals surface area contributed by atoms with Gasteiger partial charge >= 0.3 is 0 Å². The van der Waals surface area contributed by atoms with E-state index in [9.17, 15) is 0 Å². The van der Waals surface area contributed by atoms with E-state index in [2.05, 4.69) is 51.7 Å². The molecule has 0 aromatic carbocycles. The molecule has 1 saturated heterocycles. The van der Waals surface area contributed by atoms with Gasteiger partial charge in [-0.3, -0.25) is 0 Å². The highest BCUT2D eigenvalue weighted by Crippen LogP contribution is 2.33. The lowest BCUT2D eigenvalue weighted by Crippen LogP contribution is -2.31. The van der Waals surface area contributed by atoms with Gasteiger partial charge in [0.1, 0.15) is 0 Å². The predicted molar refractivity (Wildman–Crippen MR) is 82.8 cm³/mol. The summed E-state index contributed by atoms with van der Waals surface area (Å²) in [4.78, 5) is 6.16. The van der Waals surface area contributed by atoms with Gasteiger partial charge in [-0.25, -0.2) is 4.98 Å². The van der Waals surface area contributed by atoms with Gasteiger partial charge in [0.25, 0.3) is 0 Å². The van der Waals surface area contributed by atoms with Crippen LogP contribution in [-0.4, -0.2) is 22.5 Å². The standard InChI is InChI=1S/C14H24N2S2/c1-9(15-11-6-7-17-8-11)12-10(2)16-13(18-12)14(3,4)5/h9,11,15H,6-8H2,1-5H3. The molecule has 2 nitrogen and oxygen atoms in total. The average molecular weight is 284 g/mol. The first-order valence-electron chi connectivity index (χ1n) is 6.69. The summed E-state index contributed by atoms with van der Waals surface area (Å²) in [5.41, 5.74) is 1.37. The number of hydrogen-bond donors (Lipinski definition) is 1. The average Bonchev–Trinajstić information content (AvgIpc) is 2.85. The number of thiazole rings is 1. The van der Waals surface area contributed by atoms with Crippen molar-refractivity contribution in [2.75, 3.05) is 11.5 Å². The quantitative estimate of drug-likeness (QED) is 0.911. The van der Waals surface area contributed by atoms with Gasteiger partial charge in [0.15, 0.2) is 0 Å². The van der Waals surface area contributed by atoms with Crippen molar-refractivity contribution in [2.24, 2.45) is 0 Å². The second-order valence-corrected chi connectivity index (χ2v) is 8.35. The molecule has 1 aromatic heterocycles. The monoisotopic (exact) mass is 284 g/mol. The number of nitrogens with zero attached hydrogens (tertiary/aromatic N) is 1. The maximum Gasteiger partial charge on any atom is 0.0985 e. The lowest BCUT2D eigenvalue weighted by atomic mass is 9.98. The summed E-state index contributed by atoms with van der Waals surface area (Å²) in [5, 5.41) is 5.00. The van der Waals surface area contributed by atoms with Crippen molar-refractivity contribution in [1.82, 2.24) is 10.3 Å². The molecule has 2 unspecified atom stereocenters. The van der Waals surface area contributed by atoms with Crippen LogP contribution in [0.5, 0.6) is 0 Å². The topological polar surface area (TPSA) is 24.9 Å². The van der Waals surface area contributed by atoms with E-state index in [4.69, 9.17) is 4.98 Å². The van der Waals surface area contributed by atoms with Gasteiger partial charge in [0.05, 0.1) is 10.7 Å². The Labute approximate surface area is 119 Å². The van der Waals surface area contributed by atoms with Crippen molar-refractivity contribution in [3.05, 3.63) is 15.6 Å². The number of rotatable bonds is 3. The van der Waals surface area contributed by atoms with Crippen LogP contribution in [0.2, 0.25) is 0 Å². The molecule has 0 amide bonds. The lowest BCUT2D eigenvalue weighted by molar-refractivity contribution is 0.489. The van der Waals surface area contributed by atoms with E-state index < -0.39 is 0 Å². The molecule has 2 rings (SSSR count). The second-order valence-electron chi connectivity index (χ2n) is 6.17. The zero-order chi connectivity index (χ0) is 13.3. The molecular weight excluding hydrogens is 260 g/mol. The number of aryl methyl sites for hydroxylation is 1. The largest absolute Gasteiger partial charge is 0.306 e. The van der Waals surface area contributed by atoms with Crippen molar-refractivity contribution in [3.8, 4) is 0 Å². The molecule has 2 atom stereocenters. The highest BCUT2D eigenvalue weighted by Gasteiger charge is 2.24. The van der Waals surface area contributed by atoms with Crippen molar-refractivity contribution in [1.29, 1.82) is 0 Å². The third-order valence-electron chi connectivity index (χ3n) is 3.28. The SMILES string of the molecule is Cc1nc(C(C)(C)C)sc1C(C)NC1CCSC1. The molecule has 102 valence electrons. The van der Waals surface area contributed by atoms with E-state index in [1.54, 1.807) is 0 Å². The molecule has 0 bridgehead atoms. The van der Waals surface area contributed by atoms with Crippen LogP contribution in [0.15, 0.2) is 0 Å². The molecule has 1 N–H and O–H groups in total. The Balaban J connectivity index is 2.09. The highest BCUT2D eigenvalue weighted by atomic mass is 32.2. The lowest BCUT2D eigenvalue weighted by Gasteiger charge is -2.18. The van der Waals surface area contributed by atoms with Gasteiger partial charge in [0.2, 0.25) is 0 Å². The van der Waals surface area contributed by atoms with Gasteiger partial charge in [-0.2, -0.15) is 11.8 Å². The minimum atomic E-state index is 0.163. The minimum absolute atomic E-state index is 0.163. The first-order chi connectivity index (χ1) is 8.38. The van der Waals surface area contributed by atoms with Crippen LogP contribution in [-0.2, 0) is 5.41 Å². The van der Waals surface area contributed by atoms with Crippen LogP contribution in [0.25, 0.3) is 0 Å². The summed E-state index contributed by atoms with van der Waals surface area (Å²) in [7, 11) is 0. The van der Waals surface area contributed by atoms with Crippen LogP contribution >= 0.6 is 23.1 Å². The summed E-state index contributed by atoms with van der Waals surface area (Å²) in [6.07, 6.45) is 1.30. The summed E-state index contributed by atoms with van der Waals surface area (Å²) < 4.78 is 0. The molecule has 1 aliphatic rings. The van der Waals surface area contributed by atoms with Gasteiger partial charge in [-0.1, -0.05) is 20.8 Å². The molecule has 0 aliphatic carbocycles. The molecule has 0 radical (unpaired) electrons. The number of hydrogen-bond acceptors (Lipinski definition) is 4. The highest BCUT2D eigenvalue weighted by molar-refractivity contribution is 7.99. The van der Waals surface area contributed by atoms with Gasteiger partial charge in [-0.15, -0.1) is 11.3 Å². The van der Waals surface area contributed by atoms with Crippen molar-refractivity contribution >= 4 is 23.1 Å². The first kappa shape index (κ1) is 14.4. The van der Waals surface area contributed by atoms with Gasteiger partial charge in [0, 0.05) is 28.1 Å². The fourth-order valence-electron chi connectivity index (χ4n) is 2.23. The summed E-state index contributed by atoms with van der Waals surface area (Å²) in [5.74, 6) is 2.56. The molecule has 1 fully saturated rings. The van der Waals surface area contributed by atoms with Crippen LogP contribution in [0, 0.1) is 6.92 Å². The maximum atomic E-state index is 4.75. The van der Waals surface area contributed by atoms with Crippen molar-refractivity contribution in [2.45, 2.75) is 58.5 Å². The summed E-state index contributed by atoms with van der Waals surface area (Å²) in [6.45, 7) is 11.1. The Kier molecular flexibility index (Phi) is 4.40. The Morgan fingerprint density at radius 1 is 1.39 bits per heavy atom. The van der Waals surface area contributed by atoms with Gasteiger partial charge < -0.3 is 5.32 Å². The Bertz CT molecular complexity index is 400. The van der Waals surface area contributed by atoms with E-state index >= 15 is 0 Å². The van der Waals surface area contributed by atoms with E-state index in [1.807, 2.05) is 11.3 Å². The van der Waals surface area contributed by atoms with Crippen molar-refractivity contribution in [3.63, 3.8) is 0 Å². The molecule has 1 aromatic rings. The Morgan fingerprint density at radius 2 is 2.11 bits per heavy atom. The second kappa shape index (κ2) is 5.51. The van der Waals surface area contributed by atoms with E-state index in [0.717, 1.165) is 0 Å². The van der Waals surface area contributed by atoms with Gasteiger partial charge in [-0.05, 0) is 26.0 Å². The Morgan fingerprint density at radius 3 is 2.61 bits per heavy atom. The molecule has 0 spiro atoms. The zero-order valence-electron chi connectivity index (χ0n) is 12.0. The van der Waals surface area contributed by atoms with Crippen LogP contribution in [0.3, 0.4) is 0 Å². The fourth-order valence-corrected chi connectivity index (χ4v) is 4.53. The number of aromatic nitrogens is 1. The third-order valence-corrected chi connectivity index (χ3v) is 6.21. The molecule has 1 aliphatic heterocycles. The van der Waals surface area contributed by atoms with Crippen LogP contribution in [0.1, 0.15) is 55.7 Å². The third kappa shape index (κ3) is 3.28. The summed E-state index contributed by atoms with van der Waals surface area (Å²) in [6, 6.07) is 1.12. The molecule has 4 heteroatoms. The Hall–Kier alpha value is -0.0600. The van der Waals surface area contributed by atoms with Crippen LogP contribution in [0.4, 0.5) is 0 Å². The first-order valence-corrected chi connectivity index (χ1v) is 8.66.